The second-order valence-corrected chi connectivity index (χ2v) is 3.93. The number of aromatic hydroxyl groups is 1. The third kappa shape index (κ3) is 2.70. The summed E-state index contributed by atoms with van der Waals surface area (Å²) in [6, 6.07) is 10.4. The molecule has 5 heteroatoms. The third-order valence-electron chi connectivity index (χ3n) is 2.27. The van der Waals surface area contributed by atoms with Crippen LogP contribution in [0.25, 0.3) is 0 Å². The Balaban J connectivity index is 2.12. The summed E-state index contributed by atoms with van der Waals surface area (Å²) in [5.41, 5.74) is 0.715. The molecule has 1 aromatic heterocycles. The van der Waals surface area contributed by atoms with E-state index in [1.807, 2.05) is 18.2 Å². The molecule has 0 aliphatic heterocycles. The van der Waals surface area contributed by atoms with Gasteiger partial charge in [0.1, 0.15) is 18.4 Å². The van der Waals surface area contributed by atoms with Crippen LogP contribution in [0.1, 0.15) is 11.3 Å². The van der Waals surface area contributed by atoms with Gasteiger partial charge in [0.05, 0.1) is 22.5 Å². The molecule has 4 nitrogen and oxygen atoms in total. The van der Waals surface area contributed by atoms with Gasteiger partial charge in [-0.2, -0.15) is 5.26 Å². The maximum atomic E-state index is 9.32. The van der Waals surface area contributed by atoms with E-state index in [1.165, 1.54) is 12.3 Å². The predicted octanol–water partition coefficient (Wildman–Crippen LogP) is 2.89. The van der Waals surface area contributed by atoms with Crippen LogP contribution in [0.2, 0.25) is 5.02 Å². The molecule has 90 valence electrons. The lowest BCUT2D eigenvalue weighted by molar-refractivity contribution is 0.301. The molecule has 0 saturated heterocycles. The normalized spacial score (nSPS) is 9.78. The monoisotopic (exact) mass is 260 g/mol. The largest absolute Gasteiger partial charge is 0.505 e. The van der Waals surface area contributed by atoms with Crippen LogP contribution in [0.15, 0.2) is 36.5 Å². The van der Waals surface area contributed by atoms with Crippen molar-refractivity contribution in [3.05, 3.63) is 52.8 Å². The molecule has 2 aromatic rings. The van der Waals surface area contributed by atoms with Gasteiger partial charge in [0.15, 0.2) is 5.75 Å². The Morgan fingerprint density at radius 1 is 1.39 bits per heavy atom. The fraction of sp³-hybridized carbons (Fsp3) is 0.0769. The molecule has 2 rings (SSSR count). The standard InChI is InChI=1S/C13H9ClN2O2/c14-11-3-1-2-4-13(11)18-8-10-5-9(6-15)12(17)7-16-10/h1-5,7,17H,8H2. The highest BCUT2D eigenvalue weighted by molar-refractivity contribution is 6.32. The van der Waals surface area contributed by atoms with E-state index in [4.69, 9.17) is 21.6 Å². The zero-order valence-corrected chi connectivity index (χ0v) is 10.1. The SMILES string of the molecule is N#Cc1cc(COc2ccccc2Cl)ncc1O. The molecule has 0 radical (unpaired) electrons. The molecule has 0 fully saturated rings. The van der Waals surface area contributed by atoms with Crippen LogP contribution in [-0.2, 0) is 6.61 Å². The van der Waals surface area contributed by atoms with Crippen molar-refractivity contribution in [1.82, 2.24) is 4.98 Å². The van der Waals surface area contributed by atoms with Gasteiger partial charge in [-0.25, -0.2) is 0 Å². The Morgan fingerprint density at radius 2 is 2.17 bits per heavy atom. The van der Waals surface area contributed by atoms with E-state index in [1.54, 1.807) is 12.1 Å². The van der Waals surface area contributed by atoms with Crippen molar-refractivity contribution in [3.8, 4) is 17.6 Å². The zero-order valence-electron chi connectivity index (χ0n) is 9.30. The number of ether oxygens (including phenoxy) is 1. The van der Waals surface area contributed by atoms with Crippen molar-refractivity contribution in [1.29, 1.82) is 5.26 Å². The maximum absolute atomic E-state index is 9.32. The Labute approximate surface area is 109 Å². The van der Waals surface area contributed by atoms with Crippen molar-refractivity contribution < 1.29 is 9.84 Å². The van der Waals surface area contributed by atoms with Gasteiger partial charge in [0.2, 0.25) is 0 Å². The average molecular weight is 261 g/mol. The van der Waals surface area contributed by atoms with Crippen LogP contribution in [0, 0.1) is 11.3 Å². The molecule has 0 amide bonds. The summed E-state index contributed by atoms with van der Waals surface area (Å²) < 4.78 is 5.48. The fourth-order valence-corrected chi connectivity index (χ4v) is 1.56. The summed E-state index contributed by atoms with van der Waals surface area (Å²) in [5, 5.41) is 18.6. The van der Waals surface area contributed by atoms with Gasteiger partial charge in [-0.1, -0.05) is 23.7 Å². The fourth-order valence-electron chi connectivity index (χ4n) is 1.37. The molecule has 18 heavy (non-hydrogen) atoms. The Kier molecular flexibility index (Phi) is 3.66. The molecule has 1 N–H and O–H groups in total. The van der Waals surface area contributed by atoms with Crippen molar-refractivity contribution in [2.45, 2.75) is 6.61 Å². The molecule has 0 aliphatic carbocycles. The predicted molar refractivity (Wildman–Crippen MR) is 66.4 cm³/mol. The topological polar surface area (TPSA) is 66.1 Å². The number of hydrogen-bond donors (Lipinski definition) is 1. The van der Waals surface area contributed by atoms with E-state index in [-0.39, 0.29) is 17.9 Å². The first kappa shape index (κ1) is 12.2. The van der Waals surface area contributed by atoms with Crippen LogP contribution in [0.4, 0.5) is 0 Å². The first-order chi connectivity index (χ1) is 8.70. The smallest absolute Gasteiger partial charge is 0.151 e. The summed E-state index contributed by atoms with van der Waals surface area (Å²) >= 11 is 5.94. The number of halogens is 1. The molecule has 1 aromatic carbocycles. The number of para-hydroxylation sites is 1. The Morgan fingerprint density at radius 3 is 2.89 bits per heavy atom. The van der Waals surface area contributed by atoms with Gasteiger partial charge in [0.25, 0.3) is 0 Å². The lowest BCUT2D eigenvalue weighted by Gasteiger charge is -2.07. The summed E-state index contributed by atoms with van der Waals surface area (Å²) in [6.45, 7) is 0.179. The number of hydrogen-bond acceptors (Lipinski definition) is 4. The molecule has 0 saturated carbocycles. The van der Waals surface area contributed by atoms with E-state index in [9.17, 15) is 5.11 Å². The van der Waals surface area contributed by atoms with Crippen molar-refractivity contribution in [2.75, 3.05) is 0 Å². The van der Waals surface area contributed by atoms with Gasteiger partial charge >= 0.3 is 0 Å². The quantitative estimate of drug-likeness (QED) is 0.921. The molecule has 0 atom stereocenters. The number of pyridine rings is 1. The minimum atomic E-state index is -0.140. The van der Waals surface area contributed by atoms with Crippen LogP contribution in [0.3, 0.4) is 0 Å². The molecule has 0 aliphatic rings. The molecular weight excluding hydrogens is 252 g/mol. The van der Waals surface area contributed by atoms with E-state index < -0.39 is 0 Å². The second kappa shape index (κ2) is 5.39. The van der Waals surface area contributed by atoms with E-state index in [2.05, 4.69) is 4.98 Å². The molecule has 1 heterocycles. The lowest BCUT2D eigenvalue weighted by atomic mass is 10.2. The van der Waals surface area contributed by atoms with Crippen molar-refractivity contribution in [2.24, 2.45) is 0 Å². The van der Waals surface area contributed by atoms with Gasteiger partial charge < -0.3 is 9.84 Å². The first-order valence-corrected chi connectivity index (χ1v) is 5.54. The third-order valence-corrected chi connectivity index (χ3v) is 2.58. The highest BCUT2D eigenvalue weighted by Gasteiger charge is 2.05. The first-order valence-electron chi connectivity index (χ1n) is 5.16. The van der Waals surface area contributed by atoms with Crippen LogP contribution < -0.4 is 4.74 Å². The van der Waals surface area contributed by atoms with Gasteiger partial charge in [0, 0.05) is 0 Å². The van der Waals surface area contributed by atoms with E-state index in [0.717, 1.165) is 0 Å². The van der Waals surface area contributed by atoms with Gasteiger partial charge in [-0.05, 0) is 18.2 Å². The highest BCUT2D eigenvalue weighted by atomic mass is 35.5. The second-order valence-electron chi connectivity index (χ2n) is 3.52. The van der Waals surface area contributed by atoms with Gasteiger partial charge in [-0.15, -0.1) is 0 Å². The zero-order chi connectivity index (χ0) is 13.0. The average Bonchev–Trinajstić information content (AvgIpc) is 2.39. The van der Waals surface area contributed by atoms with Crippen molar-refractivity contribution >= 4 is 11.6 Å². The highest BCUT2D eigenvalue weighted by Crippen LogP contribution is 2.24. The summed E-state index contributed by atoms with van der Waals surface area (Å²) in [4.78, 5) is 3.96. The van der Waals surface area contributed by atoms with Crippen molar-refractivity contribution in [3.63, 3.8) is 0 Å². The summed E-state index contributed by atoms with van der Waals surface area (Å²) in [6.07, 6.45) is 1.23. The summed E-state index contributed by atoms with van der Waals surface area (Å²) in [5.74, 6) is 0.409. The number of nitrogens with zero attached hydrogens (tertiary/aromatic N) is 2. The van der Waals surface area contributed by atoms with Crippen LogP contribution >= 0.6 is 11.6 Å². The minimum absolute atomic E-state index is 0.140. The maximum Gasteiger partial charge on any atom is 0.151 e. The molecule has 0 spiro atoms. The summed E-state index contributed by atoms with van der Waals surface area (Å²) in [7, 11) is 0. The van der Waals surface area contributed by atoms with Crippen LogP contribution in [-0.4, -0.2) is 10.1 Å². The molecular formula is C13H9ClN2O2. The lowest BCUT2D eigenvalue weighted by Crippen LogP contribution is -1.99. The van der Waals surface area contributed by atoms with Crippen LogP contribution in [0.5, 0.6) is 11.5 Å². The molecule has 0 unspecified atom stereocenters. The van der Waals surface area contributed by atoms with E-state index in [0.29, 0.717) is 16.5 Å². The molecule has 0 bridgehead atoms. The number of aromatic nitrogens is 1. The van der Waals surface area contributed by atoms with E-state index >= 15 is 0 Å². The minimum Gasteiger partial charge on any atom is -0.505 e. The number of benzene rings is 1. The van der Waals surface area contributed by atoms with Gasteiger partial charge in [-0.3, -0.25) is 4.98 Å². The number of nitriles is 1. The Hall–Kier alpha value is -2.25. The number of rotatable bonds is 3. The Bertz CT molecular complexity index is 608.